The molecular formula is C28H40N4O6S. The first-order chi connectivity index (χ1) is 18.4. The quantitative estimate of drug-likeness (QED) is 0.360. The first-order valence-corrected chi connectivity index (χ1v) is 13.9. The summed E-state index contributed by atoms with van der Waals surface area (Å²) in [6.45, 7) is 10.4. The van der Waals surface area contributed by atoms with Crippen molar-refractivity contribution >= 4 is 29.1 Å². The lowest BCUT2D eigenvalue weighted by molar-refractivity contribution is -0.143. The smallest absolute Gasteiger partial charge is 0.246 e. The lowest BCUT2D eigenvalue weighted by Crippen LogP contribution is -2.57. The first kappa shape index (κ1) is 30.7. The van der Waals surface area contributed by atoms with E-state index in [1.54, 1.807) is 18.4 Å². The second-order valence-electron chi connectivity index (χ2n) is 10.9. The molecule has 0 bridgehead atoms. The van der Waals surface area contributed by atoms with Gasteiger partial charge in [-0.15, -0.1) is 11.3 Å². The Morgan fingerprint density at radius 1 is 1.23 bits per heavy atom. The number of aromatic nitrogens is 1. The predicted octanol–water partition coefficient (Wildman–Crippen LogP) is 2.41. The average Bonchev–Trinajstić information content (AvgIpc) is 3.48. The Labute approximate surface area is 234 Å². The van der Waals surface area contributed by atoms with Crippen LogP contribution in [-0.2, 0) is 37.0 Å². The molecule has 214 valence electrons. The number of likely N-dealkylation sites (tertiary alicyclic amines) is 1. The van der Waals surface area contributed by atoms with Gasteiger partial charge in [-0.2, -0.15) is 0 Å². The number of thiazole rings is 1. The van der Waals surface area contributed by atoms with Crippen LogP contribution in [0.4, 0.5) is 0 Å². The third kappa shape index (κ3) is 8.07. The number of carbonyl (C=O) groups is 3. The van der Waals surface area contributed by atoms with E-state index in [1.807, 2.05) is 51.4 Å². The third-order valence-electron chi connectivity index (χ3n) is 6.68. The molecule has 3 N–H and O–H groups in total. The minimum atomic E-state index is -0.841. The van der Waals surface area contributed by atoms with E-state index in [0.717, 1.165) is 27.3 Å². The number of ether oxygens (including phenoxy) is 2. The number of carbonyl (C=O) groups excluding carboxylic acids is 3. The molecule has 1 aliphatic heterocycles. The number of aliphatic hydroxyl groups is 1. The Bertz CT molecular complexity index is 1160. The van der Waals surface area contributed by atoms with Crippen LogP contribution in [-0.4, -0.2) is 77.8 Å². The number of aryl methyl sites for hydroxylation is 1. The van der Waals surface area contributed by atoms with Crippen molar-refractivity contribution in [1.29, 1.82) is 0 Å². The number of hydrogen-bond donors (Lipinski definition) is 3. The molecule has 0 saturated carbocycles. The first-order valence-electron chi connectivity index (χ1n) is 13.0. The Morgan fingerprint density at radius 2 is 1.97 bits per heavy atom. The minimum absolute atomic E-state index is 0.0323. The number of benzene rings is 1. The number of nitrogens with zero attached hydrogens (tertiary/aromatic N) is 2. The molecule has 1 saturated heterocycles. The van der Waals surface area contributed by atoms with E-state index in [9.17, 15) is 19.5 Å². The van der Waals surface area contributed by atoms with E-state index in [2.05, 4.69) is 15.6 Å². The van der Waals surface area contributed by atoms with Crippen molar-refractivity contribution in [2.24, 2.45) is 5.41 Å². The molecule has 10 nitrogen and oxygen atoms in total. The molecule has 3 amide bonds. The zero-order valence-electron chi connectivity index (χ0n) is 23.6. The lowest BCUT2D eigenvalue weighted by Gasteiger charge is -2.35. The Hall–Kier alpha value is -2.86. The summed E-state index contributed by atoms with van der Waals surface area (Å²) in [5.41, 5.74) is 5.02. The van der Waals surface area contributed by atoms with Gasteiger partial charge >= 0.3 is 0 Å². The average molecular weight is 561 g/mol. The molecule has 2 heterocycles. The summed E-state index contributed by atoms with van der Waals surface area (Å²) in [6, 6.07) is 4.34. The van der Waals surface area contributed by atoms with E-state index < -0.39 is 23.6 Å². The number of rotatable bonds is 11. The molecule has 2 aromatic rings. The summed E-state index contributed by atoms with van der Waals surface area (Å²) >= 11 is 1.57. The molecule has 0 radical (unpaired) electrons. The van der Waals surface area contributed by atoms with Crippen molar-refractivity contribution in [1.82, 2.24) is 20.5 Å². The molecule has 1 fully saturated rings. The van der Waals surface area contributed by atoms with Crippen molar-refractivity contribution < 1.29 is 29.0 Å². The van der Waals surface area contributed by atoms with Gasteiger partial charge in [-0.25, -0.2) is 4.98 Å². The van der Waals surface area contributed by atoms with Crippen molar-refractivity contribution in [2.45, 2.75) is 72.4 Å². The fourth-order valence-corrected chi connectivity index (χ4v) is 5.40. The number of aliphatic hydroxyl groups excluding tert-OH is 1. The largest absolute Gasteiger partial charge is 0.391 e. The lowest BCUT2D eigenvalue weighted by atomic mass is 9.85. The fraction of sp³-hybridized carbons (Fsp3) is 0.571. The van der Waals surface area contributed by atoms with Crippen molar-refractivity contribution in [2.75, 3.05) is 26.9 Å². The van der Waals surface area contributed by atoms with Gasteiger partial charge in [0.05, 0.1) is 42.0 Å². The second-order valence-corrected chi connectivity index (χ2v) is 11.8. The van der Waals surface area contributed by atoms with Gasteiger partial charge < -0.3 is 30.1 Å². The third-order valence-corrected chi connectivity index (χ3v) is 7.66. The molecule has 0 unspecified atom stereocenters. The summed E-state index contributed by atoms with van der Waals surface area (Å²) in [4.78, 5) is 45.4. The van der Waals surface area contributed by atoms with Gasteiger partial charge in [0.15, 0.2) is 0 Å². The molecule has 1 aromatic carbocycles. The number of hydrogen-bond acceptors (Lipinski definition) is 8. The maximum absolute atomic E-state index is 13.5. The summed E-state index contributed by atoms with van der Waals surface area (Å²) in [6.07, 6.45) is -0.695. The van der Waals surface area contributed by atoms with E-state index in [0.29, 0.717) is 19.8 Å². The van der Waals surface area contributed by atoms with Gasteiger partial charge in [-0.1, -0.05) is 32.9 Å². The van der Waals surface area contributed by atoms with Crippen LogP contribution in [0.1, 0.15) is 50.9 Å². The van der Waals surface area contributed by atoms with Crippen molar-refractivity contribution in [3.05, 3.63) is 40.5 Å². The number of amides is 3. The van der Waals surface area contributed by atoms with Crippen molar-refractivity contribution in [3.63, 3.8) is 0 Å². The van der Waals surface area contributed by atoms with Gasteiger partial charge in [0, 0.05) is 33.5 Å². The SMILES string of the molecule is COCCOCc1cc(-c2scnc2C)ccc1CNC(=O)[C@@H]1C[C@@H](O)CN1C(=O)[C@@H](NC(C)=O)C(C)(C)C. The zero-order valence-corrected chi connectivity index (χ0v) is 24.4. The maximum Gasteiger partial charge on any atom is 0.246 e. The monoisotopic (exact) mass is 560 g/mol. The van der Waals surface area contributed by atoms with Crippen LogP contribution in [0.5, 0.6) is 0 Å². The molecule has 1 aliphatic rings. The molecule has 3 atom stereocenters. The van der Waals surface area contributed by atoms with E-state index >= 15 is 0 Å². The number of methoxy groups -OCH3 is 1. The Morgan fingerprint density at radius 3 is 2.59 bits per heavy atom. The van der Waals surface area contributed by atoms with E-state index in [1.165, 1.54) is 11.8 Å². The van der Waals surface area contributed by atoms with Gasteiger partial charge in [-0.05, 0) is 35.1 Å². The van der Waals surface area contributed by atoms with Crippen LogP contribution >= 0.6 is 11.3 Å². The van der Waals surface area contributed by atoms with Crippen LogP contribution in [0.3, 0.4) is 0 Å². The summed E-state index contributed by atoms with van der Waals surface area (Å²) in [7, 11) is 1.62. The summed E-state index contributed by atoms with van der Waals surface area (Å²) in [5.74, 6) is -1.07. The van der Waals surface area contributed by atoms with Gasteiger partial charge in [-0.3, -0.25) is 14.4 Å². The standard InChI is InChI=1S/C28H40N4O6S/c1-17-24(39-16-30-17)19-7-8-20(21(11-19)15-38-10-9-37-6)13-29-26(35)23-12-22(34)14-32(23)27(36)25(28(3,4)5)31-18(2)33/h7-8,11,16,22-23,25,34H,9-10,12-15H2,1-6H3,(H,29,35)(H,31,33)/t22-,23+,25-/m1/s1. The van der Waals surface area contributed by atoms with Crippen LogP contribution < -0.4 is 10.6 Å². The van der Waals surface area contributed by atoms with Crippen LogP contribution in [0, 0.1) is 12.3 Å². The Kier molecular flexibility index (Phi) is 10.6. The van der Waals surface area contributed by atoms with E-state index in [-0.39, 0.29) is 37.2 Å². The summed E-state index contributed by atoms with van der Waals surface area (Å²) < 4.78 is 10.9. The number of nitrogens with one attached hydrogen (secondary N) is 2. The highest BCUT2D eigenvalue weighted by molar-refractivity contribution is 7.13. The van der Waals surface area contributed by atoms with Crippen LogP contribution in [0.15, 0.2) is 23.7 Å². The summed E-state index contributed by atoms with van der Waals surface area (Å²) in [5, 5.41) is 16.0. The Balaban J connectivity index is 1.77. The molecule has 3 rings (SSSR count). The van der Waals surface area contributed by atoms with Crippen molar-refractivity contribution in [3.8, 4) is 10.4 Å². The number of β-amino-alcohol motifs (C(OH)–C–C–N with tert-alkyl or cyclic N) is 1. The van der Waals surface area contributed by atoms with E-state index in [4.69, 9.17) is 9.47 Å². The normalized spacial score (nSPS) is 18.2. The second kappa shape index (κ2) is 13.5. The molecule has 0 aliphatic carbocycles. The highest BCUT2D eigenvalue weighted by Gasteiger charge is 2.44. The zero-order chi connectivity index (χ0) is 28.7. The molecule has 1 aromatic heterocycles. The van der Waals surface area contributed by atoms with Gasteiger partial charge in [0.25, 0.3) is 0 Å². The van der Waals surface area contributed by atoms with Crippen LogP contribution in [0.2, 0.25) is 0 Å². The highest BCUT2D eigenvalue weighted by atomic mass is 32.1. The fourth-order valence-electron chi connectivity index (χ4n) is 4.60. The predicted molar refractivity (Wildman–Crippen MR) is 149 cm³/mol. The molecule has 11 heteroatoms. The van der Waals surface area contributed by atoms with Gasteiger partial charge in [0.1, 0.15) is 12.1 Å². The van der Waals surface area contributed by atoms with Crippen LogP contribution in [0.25, 0.3) is 10.4 Å². The minimum Gasteiger partial charge on any atom is -0.391 e. The van der Waals surface area contributed by atoms with Gasteiger partial charge in [0.2, 0.25) is 17.7 Å². The molecule has 39 heavy (non-hydrogen) atoms. The molecular weight excluding hydrogens is 520 g/mol. The highest BCUT2D eigenvalue weighted by Crippen LogP contribution is 2.30. The maximum atomic E-state index is 13.5. The molecule has 0 spiro atoms. The topological polar surface area (TPSA) is 130 Å².